The molecular formula is C52H104IN3O10Si3. The molecule has 0 aromatic carbocycles. The fraction of sp³-hybridized carbons (Fsp3) is 0.904. The number of halogens is 1. The van der Waals surface area contributed by atoms with Gasteiger partial charge in [-0.05, 0) is 151 Å². The van der Waals surface area contributed by atoms with Gasteiger partial charge in [-0.3, -0.25) is 24.0 Å². The van der Waals surface area contributed by atoms with Gasteiger partial charge in [0.2, 0.25) is 17.7 Å². The Labute approximate surface area is 438 Å². The number of ether oxygens (including phenoxy) is 2. The fourth-order valence-electron chi connectivity index (χ4n) is 6.62. The molecule has 0 spiro atoms. The molecule has 0 bridgehead atoms. The summed E-state index contributed by atoms with van der Waals surface area (Å²) in [5, 5.41) is 6.65. The minimum atomic E-state index is -1.81. The van der Waals surface area contributed by atoms with Crippen molar-refractivity contribution in [1.29, 1.82) is 0 Å². The molecular weight excluding hydrogens is 1040 g/mol. The second-order valence-electron chi connectivity index (χ2n) is 24.3. The van der Waals surface area contributed by atoms with Gasteiger partial charge in [-0.2, -0.15) is 0 Å². The molecule has 3 atom stereocenters. The molecule has 0 saturated carbocycles. The van der Waals surface area contributed by atoms with E-state index in [-0.39, 0.29) is 75.1 Å². The predicted molar refractivity (Wildman–Crippen MR) is 299 cm³/mol. The van der Waals surface area contributed by atoms with E-state index in [2.05, 4.69) is 135 Å². The van der Waals surface area contributed by atoms with Gasteiger partial charge in [-0.15, -0.1) is 0 Å². The van der Waals surface area contributed by atoms with E-state index in [4.69, 9.17) is 22.8 Å². The van der Waals surface area contributed by atoms with Crippen molar-refractivity contribution in [2.24, 2.45) is 0 Å². The zero-order chi connectivity index (χ0) is 53.4. The molecule has 0 unspecified atom stereocenters. The molecule has 0 aliphatic carbocycles. The third-order valence-corrected chi connectivity index (χ3v) is 28.5. The first kappa shape index (κ1) is 67.6. The van der Waals surface area contributed by atoms with Gasteiger partial charge in [-0.25, -0.2) is 0 Å². The lowest BCUT2D eigenvalue weighted by Gasteiger charge is -2.41. The Hall–Kier alpha value is -1.39. The highest BCUT2D eigenvalue weighted by Crippen LogP contribution is 2.39. The molecule has 0 aromatic rings. The van der Waals surface area contributed by atoms with E-state index >= 15 is 0 Å². The standard InChI is InChI=1S/C20H39NO4Si.2C12H25NO2Si.C8H15IO2/c1-16(2)25-19(23)13-8-9-14-21-17(11-10-12-18(21)22)15-24-26(6,7)20(3,4)5;2*1-12(2,3)16(4,5)15-9-10-7-6-8-11(14)13-10;1-7(2)11-8(10)5-3-4-6-9/h16-17H,8-15H2,1-7H3;2*10H,6-9H2,1-5H3,(H,13,14);7H,3-6H2,1-2H3/t17-;2*10-;/m111./s1. The molecule has 2 N–H and O–H groups in total. The van der Waals surface area contributed by atoms with Gasteiger partial charge in [0.25, 0.3) is 0 Å². The molecule has 3 aliphatic heterocycles. The Morgan fingerprint density at radius 1 is 0.580 bits per heavy atom. The van der Waals surface area contributed by atoms with Crippen LogP contribution in [-0.2, 0) is 46.7 Å². The molecule has 3 saturated heterocycles. The largest absolute Gasteiger partial charge is 0.463 e. The van der Waals surface area contributed by atoms with Crippen LogP contribution in [0, 0.1) is 0 Å². The minimum Gasteiger partial charge on any atom is -0.463 e. The number of alkyl halides is 1. The number of amides is 3. The van der Waals surface area contributed by atoms with E-state index in [1.54, 1.807) is 0 Å². The van der Waals surface area contributed by atoms with Gasteiger partial charge >= 0.3 is 11.9 Å². The van der Waals surface area contributed by atoms with Crippen LogP contribution in [0.25, 0.3) is 0 Å². The summed E-state index contributed by atoms with van der Waals surface area (Å²) in [6.07, 6.45) is 12.6. The predicted octanol–water partition coefficient (Wildman–Crippen LogP) is 12.4. The molecule has 0 aromatic heterocycles. The van der Waals surface area contributed by atoms with Crippen molar-refractivity contribution in [1.82, 2.24) is 15.5 Å². The van der Waals surface area contributed by atoms with Gasteiger partial charge in [0.1, 0.15) is 0 Å². The molecule has 17 heteroatoms. The molecule has 3 fully saturated rings. The van der Waals surface area contributed by atoms with Gasteiger partial charge in [0.15, 0.2) is 25.0 Å². The lowest BCUT2D eigenvalue weighted by Crippen LogP contribution is -2.50. The Bertz CT molecular complexity index is 1470. The molecule has 3 amide bonds. The van der Waals surface area contributed by atoms with Gasteiger partial charge < -0.3 is 38.3 Å². The quantitative estimate of drug-likeness (QED) is 0.0395. The van der Waals surface area contributed by atoms with Crippen molar-refractivity contribution >= 4 is 77.2 Å². The summed E-state index contributed by atoms with van der Waals surface area (Å²) < 4.78 is 29.8. The monoisotopic (exact) mass is 1140 g/mol. The van der Waals surface area contributed by atoms with Crippen LogP contribution in [0.15, 0.2) is 0 Å². The third-order valence-electron chi connectivity index (χ3n) is 14.2. The highest BCUT2D eigenvalue weighted by atomic mass is 127. The maximum absolute atomic E-state index is 12.4. The van der Waals surface area contributed by atoms with Crippen LogP contribution in [-0.4, -0.2) is 121 Å². The lowest BCUT2D eigenvalue weighted by atomic mass is 10.0. The second kappa shape index (κ2) is 32.0. The summed E-state index contributed by atoms with van der Waals surface area (Å²) in [4.78, 5) is 59.4. The van der Waals surface area contributed by atoms with Crippen molar-refractivity contribution in [3.05, 3.63) is 0 Å². The third kappa shape index (κ3) is 29.2. The van der Waals surface area contributed by atoms with Gasteiger partial charge in [0.05, 0.1) is 50.2 Å². The van der Waals surface area contributed by atoms with Crippen molar-refractivity contribution in [3.63, 3.8) is 0 Å². The number of esters is 2. The summed E-state index contributed by atoms with van der Waals surface area (Å²) in [6.45, 7) is 43.8. The van der Waals surface area contributed by atoms with Crippen LogP contribution in [0.2, 0.25) is 54.4 Å². The maximum Gasteiger partial charge on any atom is 0.306 e. The van der Waals surface area contributed by atoms with Crippen molar-refractivity contribution < 1.29 is 46.7 Å². The first-order valence-corrected chi connectivity index (χ1v) is 36.5. The highest BCUT2D eigenvalue weighted by molar-refractivity contribution is 14.1. The Kier molecular flexibility index (Phi) is 31.4. The summed E-state index contributed by atoms with van der Waals surface area (Å²) in [5.41, 5.74) is 0. The number of nitrogens with zero attached hydrogens (tertiary/aromatic N) is 1. The molecule has 406 valence electrons. The zero-order valence-corrected chi connectivity index (χ0v) is 52.6. The van der Waals surface area contributed by atoms with Crippen LogP contribution in [0.3, 0.4) is 0 Å². The van der Waals surface area contributed by atoms with Crippen molar-refractivity contribution in [2.75, 3.05) is 30.8 Å². The molecule has 3 rings (SSSR count). The van der Waals surface area contributed by atoms with Crippen LogP contribution in [0.1, 0.15) is 186 Å². The first-order chi connectivity index (χ1) is 31.5. The van der Waals surface area contributed by atoms with Crippen LogP contribution >= 0.6 is 22.6 Å². The van der Waals surface area contributed by atoms with E-state index in [1.165, 1.54) is 0 Å². The SMILES string of the molecule is CC(C)(C)[Si](C)(C)OC[C@H]1CCCC(=O)N1.CC(C)(C)[Si](C)(C)OC[C@H]1CCCC(=O)N1.CC(C)OC(=O)CCCCI.CC(C)OC(=O)CCCCN1C(=O)CCC[C@@H]1CO[Si](C)(C)C(C)(C)C. The first-order valence-electron chi connectivity index (χ1n) is 26.3. The van der Waals surface area contributed by atoms with Gasteiger partial charge in [-0.1, -0.05) is 84.9 Å². The normalized spacial score (nSPS) is 19.5. The Balaban J connectivity index is 0.000000939. The van der Waals surface area contributed by atoms with Crippen LogP contribution in [0.5, 0.6) is 0 Å². The maximum atomic E-state index is 12.4. The van der Waals surface area contributed by atoms with Crippen LogP contribution in [0.4, 0.5) is 0 Å². The average Bonchev–Trinajstić information content (AvgIpc) is 3.20. The van der Waals surface area contributed by atoms with Crippen molar-refractivity contribution in [2.45, 2.75) is 271 Å². The minimum absolute atomic E-state index is 0.0297. The van der Waals surface area contributed by atoms with Crippen molar-refractivity contribution in [3.8, 4) is 0 Å². The van der Waals surface area contributed by atoms with E-state index in [1.807, 2.05) is 32.6 Å². The van der Waals surface area contributed by atoms with Crippen LogP contribution < -0.4 is 10.6 Å². The lowest BCUT2D eigenvalue weighted by molar-refractivity contribution is -0.148. The summed E-state index contributed by atoms with van der Waals surface area (Å²) >= 11 is 2.31. The number of likely N-dealkylation sites (tertiary alicyclic amines) is 1. The molecule has 3 heterocycles. The van der Waals surface area contributed by atoms with E-state index in [0.29, 0.717) is 58.5 Å². The Morgan fingerprint density at radius 2 is 0.942 bits per heavy atom. The average molecular weight is 1140 g/mol. The number of hydrogen-bond donors (Lipinski definition) is 2. The zero-order valence-electron chi connectivity index (χ0n) is 47.4. The number of carbonyl (C=O) groups is 5. The number of rotatable bonds is 20. The molecule has 69 heavy (non-hydrogen) atoms. The number of nitrogens with one attached hydrogen (secondary N) is 2. The number of unbranched alkanes of at least 4 members (excludes halogenated alkanes) is 2. The topological polar surface area (TPSA) is 159 Å². The fourth-order valence-corrected chi connectivity index (χ4v) is 10.3. The number of carbonyl (C=O) groups excluding carboxylic acids is 5. The number of piperidine rings is 3. The van der Waals surface area contributed by atoms with E-state index in [0.717, 1.165) is 68.6 Å². The molecule has 3 aliphatic rings. The molecule has 13 nitrogen and oxygen atoms in total. The molecule has 0 radical (unpaired) electrons. The smallest absolute Gasteiger partial charge is 0.306 e. The van der Waals surface area contributed by atoms with Gasteiger partial charge in [0, 0.05) is 38.6 Å². The highest BCUT2D eigenvalue weighted by Gasteiger charge is 2.40. The second-order valence-corrected chi connectivity index (χ2v) is 39.8. The number of hydrogen-bond acceptors (Lipinski definition) is 10. The summed E-state index contributed by atoms with van der Waals surface area (Å²) in [7, 11) is -5.13. The van der Waals surface area contributed by atoms with E-state index < -0.39 is 25.0 Å². The van der Waals surface area contributed by atoms with E-state index in [9.17, 15) is 24.0 Å². The Morgan fingerprint density at radius 3 is 1.29 bits per heavy atom. The summed E-state index contributed by atoms with van der Waals surface area (Å²) in [5.74, 6) is 0.364. The summed E-state index contributed by atoms with van der Waals surface area (Å²) in [6, 6.07) is 0.638.